The van der Waals surface area contributed by atoms with Gasteiger partial charge < -0.3 is 101 Å². The fourth-order valence-corrected chi connectivity index (χ4v) is 9.45. The molecule has 3 rings (SSSR count). The van der Waals surface area contributed by atoms with Crippen LogP contribution in [0.1, 0.15) is 125 Å². The number of benzene rings is 1. The number of nitrogens with one attached hydrogen (secondary N) is 10. The number of ether oxygens (including phenoxy) is 1. The number of guanidine groups is 1. The van der Waals surface area contributed by atoms with E-state index in [4.69, 9.17) is 27.7 Å². The van der Waals surface area contributed by atoms with Gasteiger partial charge in [-0.3, -0.25) is 57.7 Å². The molecule has 1 aliphatic carbocycles. The van der Waals surface area contributed by atoms with Gasteiger partial charge in [0.1, 0.15) is 48.3 Å². The lowest BCUT2D eigenvalue weighted by Gasteiger charge is -2.33. The van der Waals surface area contributed by atoms with Gasteiger partial charge in [0.2, 0.25) is 65.0 Å². The maximum Gasteiger partial charge on any atom is 0.331 e. The summed E-state index contributed by atoms with van der Waals surface area (Å²) in [6.45, 7) is 11.8. The number of hydrogen-bond acceptors (Lipinski definition) is 19. The van der Waals surface area contributed by atoms with Crippen molar-refractivity contribution in [2.45, 2.75) is 199 Å². The molecule has 11 amide bonds. The van der Waals surface area contributed by atoms with Crippen LogP contribution in [0.2, 0.25) is 0 Å². The number of aliphatic hydroxyl groups excluding tert-OH is 4. The molecule has 1 saturated heterocycles. The number of amides is 11. The minimum Gasteiger partial charge on any atom is -0.453 e. The van der Waals surface area contributed by atoms with Crippen LogP contribution in [-0.2, 0) is 62.3 Å². The van der Waals surface area contributed by atoms with Gasteiger partial charge in [-0.05, 0) is 74.2 Å². The Morgan fingerprint density at radius 3 is 1.78 bits per heavy atom. The number of cyclic esters (lactones) is 1. The van der Waals surface area contributed by atoms with E-state index in [0.29, 0.717) is 6.42 Å². The molecule has 22 N–H and O–H groups in total. The van der Waals surface area contributed by atoms with Gasteiger partial charge in [-0.2, -0.15) is 0 Å². The van der Waals surface area contributed by atoms with Crippen molar-refractivity contribution in [1.29, 1.82) is 0 Å². The van der Waals surface area contributed by atoms with Crippen LogP contribution in [0.4, 0.5) is 0 Å². The van der Waals surface area contributed by atoms with Crippen LogP contribution in [0.3, 0.4) is 0 Å². The molecular formula is C58H95N15O17. The monoisotopic (exact) mass is 1270 g/mol. The summed E-state index contributed by atoms with van der Waals surface area (Å²) in [6.07, 6.45) is -6.17. The van der Waals surface area contributed by atoms with Gasteiger partial charge in [0.15, 0.2) is 24.2 Å². The number of primary amides is 1. The van der Waals surface area contributed by atoms with Gasteiger partial charge >= 0.3 is 5.97 Å². The second kappa shape index (κ2) is 36.6. The summed E-state index contributed by atoms with van der Waals surface area (Å²) in [5, 5.41) is 68.1. The zero-order valence-corrected chi connectivity index (χ0v) is 52.5. The van der Waals surface area contributed by atoms with Crippen molar-refractivity contribution in [3.63, 3.8) is 0 Å². The smallest absolute Gasteiger partial charge is 0.331 e. The van der Waals surface area contributed by atoms with Crippen LogP contribution in [0.25, 0.3) is 0 Å². The summed E-state index contributed by atoms with van der Waals surface area (Å²) >= 11 is 0. The van der Waals surface area contributed by atoms with Gasteiger partial charge in [0, 0.05) is 6.54 Å². The number of nitrogens with zero attached hydrogens (tertiary/aromatic N) is 1. The van der Waals surface area contributed by atoms with Gasteiger partial charge in [-0.25, -0.2) is 4.79 Å². The number of rotatable bonds is 23. The Kier molecular flexibility index (Phi) is 30.9. The Bertz CT molecular complexity index is 2670. The van der Waals surface area contributed by atoms with E-state index in [2.05, 4.69) is 47.5 Å². The first-order chi connectivity index (χ1) is 42.2. The summed E-state index contributed by atoms with van der Waals surface area (Å²) in [5.41, 5.74) is 22.6. The van der Waals surface area contributed by atoms with E-state index in [-0.39, 0.29) is 67.9 Å². The van der Waals surface area contributed by atoms with Crippen molar-refractivity contribution < 1.29 is 82.7 Å². The molecule has 90 heavy (non-hydrogen) atoms. The largest absolute Gasteiger partial charge is 0.453 e. The third-order valence-corrected chi connectivity index (χ3v) is 15.0. The molecule has 0 spiro atoms. The topological polar surface area (TPSA) is 532 Å². The van der Waals surface area contributed by atoms with Crippen LogP contribution in [0.5, 0.6) is 0 Å². The standard InChI is InChI=1S/C58H95N15O17/c1-10-29(8)39-53(85)71-40(30(9)75)52(84)64-24-38(76)69-42(45(78)47(60)79)55(87)68-37(25-74)57(89)90-46(32-15-12-11-13-16-32)43(73-51(83)36(22-27(4)5)66-48(80)33(59)23-31-18-19-31)56(88)72-41(44(77)28(6)7)54(86)67-35(21-26(2)3)50(82)65-34(49(81)70-39)17-14-20-63-58(61)62/h11-13,15-16,26-31,33-37,39-46,74-75,77-78H,10,14,17-25,59H2,1-9H3,(H2,60,79)(H,64,84)(H,65,82)(H,66,80)(H,67,86)(H,68,87)(H,69,76)(H,70,81)(H,71,85)(H,72,88)(H,73,83)(H4,61,62,63)/t29-,30-,33+,34+,35-,36-,37-,39-,40-,41-,42-,43-,44+,45-,46+/m0/s1. The molecule has 0 aromatic heterocycles. The molecule has 2 fully saturated rings. The number of carbonyl (C=O) groups is 12. The van der Waals surface area contributed by atoms with Gasteiger partial charge in [-0.1, -0.05) is 105 Å². The van der Waals surface area contributed by atoms with Crippen molar-refractivity contribution in [2.75, 3.05) is 19.7 Å². The highest BCUT2D eigenvalue weighted by Gasteiger charge is 2.44. The van der Waals surface area contributed by atoms with E-state index in [1.807, 2.05) is 10.6 Å². The van der Waals surface area contributed by atoms with E-state index in [1.54, 1.807) is 41.5 Å². The Hall–Kier alpha value is -8.07. The minimum atomic E-state index is -2.57. The maximum absolute atomic E-state index is 15.3. The molecule has 15 atom stereocenters. The molecular weight excluding hydrogens is 1180 g/mol. The number of aliphatic hydroxyl groups is 4. The zero-order valence-electron chi connectivity index (χ0n) is 52.5. The third kappa shape index (κ3) is 24.4. The normalized spacial score (nSPS) is 25.5. The SMILES string of the molecule is CC[C@H](C)[C@@H]1NC(=O)[C@@H](CCCN=C(N)N)NC(=O)[C@H](CC(C)C)NC(=O)[C@H]([C@H](O)C(C)C)NC(=O)[C@@H](NC(=O)[C@H](CC(C)C)NC(=O)[C@H](N)CC2CC2)[C@@H](c2ccccc2)OC(=O)[C@H](CO)NC(=O)[C@H]([C@H](O)C(N)=O)NC(=O)CNC(=O)[C@H]([C@H](C)O)NC1=O. The number of hydrogen-bond donors (Lipinski definition) is 18. The van der Waals surface area contributed by atoms with Crippen molar-refractivity contribution in [1.82, 2.24) is 53.2 Å². The maximum atomic E-state index is 15.3. The average molecular weight is 1270 g/mol. The fourth-order valence-electron chi connectivity index (χ4n) is 9.45. The minimum absolute atomic E-state index is 0.0456. The lowest BCUT2D eigenvalue weighted by atomic mass is 9.95. The first kappa shape index (κ1) is 76.2. The number of aliphatic imine (C=N–C) groups is 1. The van der Waals surface area contributed by atoms with Crippen molar-refractivity contribution >= 4 is 76.9 Å². The fraction of sp³-hybridized carbons (Fsp3) is 0.672. The van der Waals surface area contributed by atoms with E-state index >= 15 is 4.79 Å². The molecule has 0 unspecified atom stereocenters. The van der Waals surface area contributed by atoms with E-state index < -0.39 is 181 Å². The van der Waals surface area contributed by atoms with Crippen molar-refractivity contribution in [3.8, 4) is 0 Å². The Morgan fingerprint density at radius 2 is 1.23 bits per heavy atom. The molecule has 504 valence electrons. The summed E-state index contributed by atoms with van der Waals surface area (Å²) in [4.78, 5) is 174. The lowest BCUT2D eigenvalue weighted by molar-refractivity contribution is -0.159. The summed E-state index contributed by atoms with van der Waals surface area (Å²) < 4.78 is 5.93. The summed E-state index contributed by atoms with van der Waals surface area (Å²) in [7, 11) is 0. The predicted octanol–water partition coefficient (Wildman–Crippen LogP) is -5.68. The molecule has 0 bridgehead atoms. The molecule has 1 aliphatic heterocycles. The average Bonchev–Trinajstić information content (AvgIpc) is 1.12. The predicted molar refractivity (Wildman–Crippen MR) is 324 cm³/mol. The van der Waals surface area contributed by atoms with E-state index in [9.17, 15) is 73.2 Å². The highest BCUT2D eigenvalue weighted by molar-refractivity contribution is 6.00. The number of esters is 1. The van der Waals surface area contributed by atoms with E-state index in [1.165, 1.54) is 44.2 Å². The summed E-state index contributed by atoms with van der Waals surface area (Å²) in [6, 6.07) is -10.6. The molecule has 1 aromatic rings. The van der Waals surface area contributed by atoms with Crippen molar-refractivity contribution in [2.24, 2.45) is 57.5 Å². The summed E-state index contributed by atoms with van der Waals surface area (Å²) in [5.74, 6) is -16.8. The van der Waals surface area contributed by atoms with Gasteiger partial charge in [0.05, 0.1) is 31.4 Å². The zero-order chi connectivity index (χ0) is 67.9. The van der Waals surface area contributed by atoms with Crippen LogP contribution in [0, 0.1) is 29.6 Å². The second-order valence-corrected chi connectivity index (χ2v) is 24.1. The van der Waals surface area contributed by atoms with Crippen LogP contribution >= 0.6 is 0 Å². The second-order valence-electron chi connectivity index (χ2n) is 24.1. The Balaban J connectivity index is 2.39. The number of nitrogens with two attached hydrogens (primary N) is 4. The molecule has 1 saturated carbocycles. The van der Waals surface area contributed by atoms with Crippen LogP contribution in [0.15, 0.2) is 35.3 Å². The molecule has 0 radical (unpaired) electrons. The highest BCUT2D eigenvalue weighted by Crippen LogP contribution is 2.33. The van der Waals surface area contributed by atoms with Crippen LogP contribution < -0.4 is 76.1 Å². The van der Waals surface area contributed by atoms with Crippen molar-refractivity contribution in [3.05, 3.63) is 35.9 Å². The first-order valence-electron chi connectivity index (χ1n) is 30.2. The Labute approximate surface area is 522 Å². The van der Waals surface area contributed by atoms with Crippen LogP contribution in [-0.4, -0.2) is 196 Å². The quantitative estimate of drug-likeness (QED) is 0.0210. The third-order valence-electron chi connectivity index (χ3n) is 15.0. The first-order valence-corrected chi connectivity index (χ1v) is 30.2. The van der Waals surface area contributed by atoms with Gasteiger partial charge in [-0.15, -0.1) is 0 Å². The molecule has 1 heterocycles. The lowest BCUT2D eigenvalue weighted by Crippen LogP contribution is -2.64. The number of carbonyl (C=O) groups excluding carboxylic acids is 12. The highest BCUT2D eigenvalue weighted by atomic mass is 16.5. The molecule has 1 aromatic carbocycles. The molecule has 2 aliphatic rings. The van der Waals surface area contributed by atoms with E-state index in [0.717, 1.165) is 19.8 Å². The Morgan fingerprint density at radius 1 is 0.667 bits per heavy atom. The molecule has 32 heteroatoms. The van der Waals surface area contributed by atoms with Gasteiger partial charge in [0.25, 0.3) is 0 Å². The molecule has 32 nitrogen and oxygen atoms in total.